The van der Waals surface area contributed by atoms with Gasteiger partial charge in [-0.25, -0.2) is 9.78 Å². The van der Waals surface area contributed by atoms with Crippen molar-refractivity contribution in [2.75, 3.05) is 12.4 Å². The van der Waals surface area contributed by atoms with Crippen LogP contribution < -0.4 is 5.32 Å². The molecule has 0 radical (unpaired) electrons. The number of H-pyrrole nitrogens is 1. The van der Waals surface area contributed by atoms with Gasteiger partial charge in [0.2, 0.25) is 5.91 Å². The van der Waals surface area contributed by atoms with Gasteiger partial charge in [0.05, 0.1) is 18.5 Å². The number of pyridine rings is 2. The number of aromatic amines is 1. The summed E-state index contributed by atoms with van der Waals surface area (Å²) in [6, 6.07) is 10.7. The lowest BCUT2D eigenvalue weighted by molar-refractivity contribution is -0.116. The molecule has 3 aromatic heterocycles. The lowest BCUT2D eigenvalue weighted by atomic mass is 9.88. The van der Waals surface area contributed by atoms with Gasteiger partial charge < -0.3 is 10.1 Å². The van der Waals surface area contributed by atoms with E-state index in [1.54, 1.807) is 24.4 Å². The van der Waals surface area contributed by atoms with E-state index in [9.17, 15) is 9.59 Å². The van der Waals surface area contributed by atoms with Gasteiger partial charge in [-0.15, -0.1) is 0 Å². The molecule has 130 valence electrons. The minimum atomic E-state index is -0.524. The summed E-state index contributed by atoms with van der Waals surface area (Å²) >= 11 is 0. The number of carbonyl (C=O) groups is 2. The third-order valence-corrected chi connectivity index (χ3v) is 4.24. The van der Waals surface area contributed by atoms with Crippen molar-refractivity contribution in [1.29, 1.82) is 0 Å². The third kappa shape index (κ3) is 2.71. The zero-order valence-corrected chi connectivity index (χ0v) is 13.9. The summed E-state index contributed by atoms with van der Waals surface area (Å²) in [7, 11) is 1.30. The van der Waals surface area contributed by atoms with Crippen molar-refractivity contribution in [3.63, 3.8) is 0 Å². The number of hydrogen-bond donors (Lipinski definition) is 2. The van der Waals surface area contributed by atoms with Crippen molar-refractivity contribution in [1.82, 2.24) is 20.2 Å². The van der Waals surface area contributed by atoms with Crippen LogP contribution in [0.25, 0.3) is 11.4 Å². The fourth-order valence-electron chi connectivity index (χ4n) is 3.08. The van der Waals surface area contributed by atoms with Gasteiger partial charge in [0.15, 0.2) is 5.82 Å². The van der Waals surface area contributed by atoms with E-state index >= 15 is 0 Å². The number of hydrogen-bond acceptors (Lipinski definition) is 6. The van der Waals surface area contributed by atoms with Gasteiger partial charge in [0.25, 0.3) is 0 Å². The van der Waals surface area contributed by atoms with Crippen LogP contribution in [0.4, 0.5) is 5.82 Å². The average molecular weight is 349 g/mol. The van der Waals surface area contributed by atoms with Crippen LogP contribution in [0.1, 0.15) is 34.1 Å². The minimum absolute atomic E-state index is 0.160. The van der Waals surface area contributed by atoms with Gasteiger partial charge in [-0.05, 0) is 24.3 Å². The normalized spacial score (nSPS) is 15.9. The number of anilines is 1. The second kappa shape index (κ2) is 6.40. The highest BCUT2D eigenvalue weighted by atomic mass is 16.5. The fourth-order valence-corrected chi connectivity index (χ4v) is 3.08. The molecular formula is C18H15N5O3. The molecule has 26 heavy (non-hydrogen) atoms. The Hall–Kier alpha value is -3.55. The maximum absolute atomic E-state index is 12.1. The van der Waals surface area contributed by atoms with E-state index < -0.39 is 5.97 Å². The number of methoxy groups -OCH3 is 1. The lowest BCUT2D eigenvalue weighted by Crippen LogP contribution is -2.24. The second-order valence-corrected chi connectivity index (χ2v) is 5.82. The molecule has 3 aromatic rings. The summed E-state index contributed by atoms with van der Waals surface area (Å²) in [5, 5.41) is 9.94. The van der Waals surface area contributed by atoms with E-state index in [0.717, 1.165) is 11.3 Å². The third-order valence-electron chi connectivity index (χ3n) is 4.24. The molecular weight excluding hydrogens is 334 g/mol. The summed E-state index contributed by atoms with van der Waals surface area (Å²) in [5.74, 6) is -0.576. The quantitative estimate of drug-likeness (QED) is 0.701. The summed E-state index contributed by atoms with van der Waals surface area (Å²) in [5.41, 5.74) is 3.03. The van der Waals surface area contributed by atoms with Gasteiger partial charge in [0.1, 0.15) is 5.69 Å². The first-order valence-corrected chi connectivity index (χ1v) is 8.02. The topological polar surface area (TPSA) is 110 Å². The van der Waals surface area contributed by atoms with E-state index in [2.05, 4.69) is 25.5 Å². The molecule has 0 aliphatic carbocycles. The first kappa shape index (κ1) is 15.9. The van der Waals surface area contributed by atoms with E-state index in [1.807, 2.05) is 18.2 Å². The molecule has 0 saturated carbocycles. The van der Waals surface area contributed by atoms with Crippen LogP contribution in [0, 0.1) is 0 Å². The Bertz CT molecular complexity index is 984. The Labute approximate surface area is 148 Å². The van der Waals surface area contributed by atoms with Crippen LogP contribution in [0.15, 0.2) is 42.6 Å². The fraction of sp³-hybridized carbons (Fsp3) is 0.167. The second-order valence-electron chi connectivity index (χ2n) is 5.82. The van der Waals surface area contributed by atoms with Crippen LogP contribution in [-0.2, 0) is 9.53 Å². The van der Waals surface area contributed by atoms with Crippen LogP contribution in [0.3, 0.4) is 0 Å². The maximum Gasteiger partial charge on any atom is 0.356 e. The molecule has 8 nitrogen and oxygen atoms in total. The maximum atomic E-state index is 12.1. The largest absolute Gasteiger partial charge is 0.464 e. The Kier molecular flexibility index (Phi) is 3.92. The van der Waals surface area contributed by atoms with Crippen LogP contribution in [0.2, 0.25) is 0 Å². The standard InChI is InChI=1S/C18H15N5O3/c1-26-18(25)13-7-4-6-11(20-13)10-9-14(24)21-17-15(10)16(22-23-17)12-5-2-3-8-19-12/h2-8,10H,9H2,1H3,(H2,21,22,23,24). The molecule has 0 spiro atoms. The van der Waals surface area contributed by atoms with Crippen LogP contribution in [0.5, 0.6) is 0 Å². The highest BCUT2D eigenvalue weighted by molar-refractivity contribution is 5.96. The first-order valence-electron chi connectivity index (χ1n) is 8.02. The first-order chi connectivity index (χ1) is 12.7. The highest BCUT2D eigenvalue weighted by Crippen LogP contribution is 2.40. The lowest BCUT2D eigenvalue weighted by Gasteiger charge is -2.22. The zero-order valence-electron chi connectivity index (χ0n) is 13.9. The summed E-state index contributed by atoms with van der Waals surface area (Å²) in [6.45, 7) is 0. The Balaban J connectivity index is 1.84. The summed E-state index contributed by atoms with van der Waals surface area (Å²) < 4.78 is 4.74. The molecule has 1 aliphatic rings. The van der Waals surface area contributed by atoms with Gasteiger partial charge in [-0.2, -0.15) is 5.10 Å². The van der Waals surface area contributed by atoms with Crippen molar-refractivity contribution in [2.24, 2.45) is 0 Å². The van der Waals surface area contributed by atoms with Gasteiger partial charge >= 0.3 is 5.97 Å². The zero-order chi connectivity index (χ0) is 18.1. The molecule has 1 aliphatic heterocycles. The Morgan fingerprint density at radius 2 is 2.12 bits per heavy atom. The summed E-state index contributed by atoms with van der Waals surface area (Å²) in [4.78, 5) is 32.7. The molecule has 4 heterocycles. The molecule has 4 rings (SSSR count). The predicted octanol–water partition coefficient (Wildman–Crippen LogP) is 2.13. The molecule has 2 N–H and O–H groups in total. The monoisotopic (exact) mass is 349 g/mol. The molecule has 0 bridgehead atoms. The van der Waals surface area contributed by atoms with Gasteiger partial charge in [-0.1, -0.05) is 12.1 Å². The van der Waals surface area contributed by atoms with Crippen LogP contribution in [-0.4, -0.2) is 39.2 Å². The predicted molar refractivity (Wildman–Crippen MR) is 92.5 cm³/mol. The number of esters is 1. The SMILES string of the molecule is COC(=O)c1cccc(C2CC(=O)Nc3n[nH]c(-c4ccccn4)c32)n1. The molecule has 0 aromatic carbocycles. The number of aromatic nitrogens is 4. The number of amides is 1. The van der Waals surface area contributed by atoms with Crippen molar-refractivity contribution in [3.8, 4) is 11.4 Å². The van der Waals surface area contributed by atoms with Gasteiger partial charge in [-0.3, -0.25) is 14.9 Å². The van der Waals surface area contributed by atoms with E-state index in [0.29, 0.717) is 17.2 Å². The summed E-state index contributed by atoms with van der Waals surface area (Å²) in [6.07, 6.45) is 1.89. The highest BCUT2D eigenvalue weighted by Gasteiger charge is 2.33. The minimum Gasteiger partial charge on any atom is -0.464 e. The van der Waals surface area contributed by atoms with Crippen molar-refractivity contribution >= 4 is 17.7 Å². The van der Waals surface area contributed by atoms with E-state index in [-0.39, 0.29) is 23.9 Å². The number of nitrogens with zero attached hydrogens (tertiary/aromatic N) is 3. The average Bonchev–Trinajstić information content (AvgIpc) is 3.11. The molecule has 0 saturated heterocycles. The van der Waals surface area contributed by atoms with Crippen molar-refractivity contribution < 1.29 is 14.3 Å². The number of carbonyl (C=O) groups excluding carboxylic acids is 2. The molecule has 1 unspecified atom stereocenters. The number of nitrogens with one attached hydrogen (secondary N) is 2. The Morgan fingerprint density at radius 1 is 1.23 bits per heavy atom. The van der Waals surface area contributed by atoms with E-state index in [4.69, 9.17) is 4.74 Å². The number of fused-ring (bicyclic) bond motifs is 1. The molecule has 1 amide bonds. The Morgan fingerprint density at radius 3 is 2.88 bits per heavy atom. The molecule has 1 atom stereocenters. The molecule has 8 heteroatoms. The number of ether oxygens (including phenoxy) is 1. The smallest absolute Gasteiger partial charge is 0.356 e. The van der Waals surface area contributed by atoms with Gasteiger partial charge in [0, 0.05) is 29.8 Å². The van der Waals surface area contributed by atoms with E-state index in [1.165, 1.54) is 7.11 Å². The number of rotatable bonds is 3. The van der Waals surface area contributed by atoms with Crippen LogP contribution >= 0.6 is 0 Å². The van der Waals surface area contributed by atoms with Crippen molar-refractivity contribution in [3.05, 3.63) is 59.5 Å². The molecule has 0 fully saturated rings. The van der Waals surface area contributed by atoms with Crippen molar-refractivity contribution in [2.45, 2.75) is 12.3 Å².